The van der Waals surface area contributed by atoms with Crippen LogP contribution in [0.15, 0.2) is 53.7 Å². The lowest BCUT2D eigenvalue weighted by Gasteiger charge is -2.16. The van der Waals surface area contributed by atoms with E-state index in [0.29, 0.717) is 6.04 Å². The molecule has 1 aromatic heterocycles. The smallest absolute Gasteiger partial charge is 0.0412 e. The third-order valence-corrected chi connectivity index (χ3v) is 4.31. The van der Waals surface area contributed by atoms with Gasteiger partial charge in [-0.2, -0.15) is 0 Å². The van der Waals surface area contributed by atoms with E-state index in [1.807, 2.05) is 31.2 Å². The Hall–Kier alpha value is -1.32. The highest BCUT2D eigenvalue weighted by Gasteiger charge is 2.09. The molecule has 0 bridgehead atoms. The molecule has 3 heteroatoms. The van der Waals surface area contributed by atoms with Crippen molar-refractivity contribution in [2.24, 2.45) is 0 Å². The molecule has 1 heterocycles. The number of thioether (sulfide) groups is 1. The summed E-state index contributed by atoms with van der Waals surface area (Å²) in [4.78, 5) is 5.31. The molecule has 19 heavy (non-hydrogen) atoms. The molecular formula is C16H20N2S. The summed E-state index contributed by atoms with van der Waals surface area (Å²) in [5, 5.41) is 3.39. The minimum absolute atomic E-state index is 0.379. The second kappa shape index (κ2) is 7.31. The van der Waals surface area contributed by atoms with Crippen LogP contribution in [0.3, 0.4) is 0 Å². The van der Waals surface area contributed by atoms with Crippen molar-refractivity contribution < 1.29 is 0 Å². The van der Waals surface area contributed by atoms with Crippen molar-refractivity contribution in [3.05, 3.63) is 59.9 Å². The molecule has 1 atom stereocenters. The largest absolute Gasteiger partial charge is 0.312 e. The summed E-state index contributed by atoms with van der Waals surface area (Å²) in [5.41, 5.74) is 2.74. The van der Waals surface area contributed by atoms with Crippen LogP contribution in [0.2, 0.25) is 0 Å². The lowest BCUT2D eigenvalue weighted by atomic mass is 10.1. The normalized spacial score (nSPS) is 12.3. The highest BCUT2D eigenvalue weighted by molar-refractivity contribution is 7.99. The first-order valence-electron chi connectivity index (χ1n) is 6.62. The van der Waals surface area contributed by atoms with Gasteiger partial charge in [0.05, 0.1) is 0 Å². The topological polar surface area (TPSA) is 24.9 Å². The molecule has 0 radical (unpaired) electrons. The van der Waals surface area contributed by atoms with Gasteiger partial charge in [0.15, 0.2) is 0 Å². The van der Waals surface area contributed by atoms with Gasteiger partial charge >= 0.3 is 0 Å². The van der Waals surface area contributed by atoms with Crippen LogP contribution < -0.4 is 5.32 Å². The van der Waals surface area contributed by atoms with Gasteiger partial charge in [-0.1, -0.05) is 31.2 Å². The van der Waals surface area contributed by atoms with E-state index in [4.69, 9.17) is 0 Å². The van der Waals surface area contributed by atoms with Crippen LogP contribution in [0.4, 0.5) is 0 Å². The number of benzene rings is 1. The number of pyridine rings is 1. The summed E-state index contributed by atoms with van der Waals surface area (Å²) in [5.74, 6) is 1.02. The number of aromatic nitrogens is 1. The fraction of sp³-hybridized carbons (Fsp3) is 0.312. The third-order valence-electron chi connectivity index (χ3n) is 3.21. The molecule has 0 spiro atoms. The fourth-order valence-electron chi connectivity index (χ4n) is 1.95. The molecule has 1 N–H and O–H groups in total. The Morgan fingerprint density at radius 2 is 1.79 bits per heavy atom. The van der Waals surface area contributed by atoms with Crippen molar-refractivity contribution in [1.82, 2.24) is 10.3 Å². The standard InChI is InChI=1S/C16H20N2S/c1-3-13-4-6-14(7-5-13)16(17-2)12-19-15-8-10-18-11-9-15/h4-11,16-17H,3,12H2,1-2H3. The lowest BCUT2D eigenvalue weighted by molar-refractivity contribution is 0.661. The molecule has 0 aliphatic carbocycles. The molecule has 0 fully saturated rings. The van der Waals surface area contributed by atoms with Gasteiger partial charge in [0, 0.05) is 29.1 Å². The fourth-order valence-corrected chi connectivity index (χ4v) is 2.98. The maximum Gasteiger partial charge on any atom is 0.0412 e. The van der Waals surface area contributed by atoms with Crippen molar-refractivity contribution in [1.29, 1.82) is 0 Å². The number of hydrogen-bond donors (Lipinski definition) is 1. The second-order valence-corrected chi connectivity index (χ2v) is 5.52. The van der Waals surface area contributed by atoms with Crippen LogP contribution in [0.5, 0.6) is 0 Å². The van der Waals surface area contributed by atoms with E-state index in [1.54, 1.807) is 0 Å². The lowest BCUT2D eigenvalue weighted by Crippen LogP contribution is -2.18. The number of hydrogen-bond acceptors (Lipinski definition) is 3. The Kier molecular flexibility index (Phi) is 5.43. The van der Waals surface area contributed by atoms with Crippen molar-refractivity contribution >= 4 is 11.8 Å². The predicted octanol–water partition coefficient (Wildman–Crippen LogP) is 3.70. The Bertz CT molecular complexity index is 482. The molecule has 0 saturated carbocycles. The molecule has 0 aliphatic rings. The molecule has 2 nitrogen and oxygen atoms in total. The van der Waals surface area contributed by atoms with Gasteiger partial charge in [0.25, 0.3) is 0 Å². The SMILES string of the molecule is CCc1ccc(C(CSc2ccncc2)NC)cc1. The van der Waals surface area contributed by atoms with Crippen LogP contribution >= 0.6 is 11.8 Å². The van der Waals surface area contributed by atoms with E-state index in [2.05, 4.69) is 53.6 Å². The highest BCUT2D eigenvalue weighted by atomic mass is 32.2. The van der Waals surface area contributed by atoms with Crippen molar-refractivity contribution in [3.8, 4) is 0 Å². The zero-order valence-electron chi connectivity index (χ0n) is 11.5. The summed E-state index contributed by atoms with van der Waals surface area (Å²) in [6, 6.07) is 13.4. The second-order valence-electron chi connectivity index (χ2n) is 4.43. The van der Waals surface area contributed by atoms with Crippen LogP contribution in [0, 0.1) is 0 Å². The van der Waals surface area contributed by atoms with E-state index in [0.717, 1.165) is 12.2 Å². The Labute approximate surface area is 119 Å². The van der Waals surface area contributed by atoms with Gasteiger partial charge in [-0.3, -0.25) is 4.98 Å². The zero-order chi connectivity index (χ0) is 13.5. The summed E-state index contributed by atoms with van der Waals surface area (Å²) >= 11 is 1.86. The van der Waals surface area contributed by atoms with Gasteiger partial charge < -0.3 is 5.32 Å². The molecule has 0 amide bonds. The molecule has 100 valence electrons. The molecule has 1 unspecified atom stereocenters. The summed E-state index contributed by atoms with van der Waals surface area (Å²) in [7, 11) is 2.02. The van der Waals surface area contributed by atoms with Crippen LogP contribution in [0.1, 0.15) is 24.1 Å². The first-order chi connectivity index (χ1) is 9.33. The Morgan fingerprint density at radius 3 is 2.37 bits per heavy atom. The average Bonchev–Trinajstić information content (AvgIpc) is 2.49. The van der Waals surface area contributed by atoms with Crippen LogP contribution in [-0.2, 0) is 6.42 Å². The maximum atomic E-state index is 4.04. The molecule has 1 aromatic carbocycles. The molecule has 2 aromatic rings. The monoisotopic (exact) mass is 272 g/mol. The average molecular weight is 272 g/mol. The van der Waals surface area contributed by atoms with Crippen LogP contribution in [-0.4, -0.2) is 17.8 Å². The van der Waals surface area contributed by atoms with Gasteiger partial charge in [0.1, 0.15) is 0 Å². The molecule has 0 saturated heterocycles. The molecule has 0 aliphatic heterocycles. The van der Waals surface area contributed by atoms with Gasteiger partial charge in [-0.05, 0) is 36.7 Å². The number of rotatable bonds is 6. The predicted molar refractivity (Wildman–Crippen MR) is 82.6 cm³/mol. The van der Waals surface area contributed by atoms with E-state index in [-0.39, 0.29) is 0 Å². The van der Waals surface area contributed by atoms with Gasteiger partial charge in [0.2, 0.25) is 0 Å². The van der Waals surface area contributed by atoms with Gasteiger partial charge in [-0.25, -0.2) is 0 Å². The number of nitrogens with one attached hydrogen (secondary N) is 1. The number of aryl methyl sites for hydroxylation is 1. The highest BCUT2D eigenvalue weighted by Crippen LogP contribution is 2.24. The summed E-state index contributed by atoms with van der Waals surface area (Å²) in [6.07, 6.45) is 4.77. The Morgan fingerprint density at radius 1 is 1.11 bits per heavy atom. The minimum atomic E-state index is 0.379. The minimum Gasteiger partial charge on any atom is -0.312 e. The van der Waals surface area contributed by atoms with Crippen LogP contribution in [0.25, 0.3) is 0 Å². The summed E-state index contributed by atoms with van der Waals surface area (Å²) in [6.45, 7) is 2.18. The van der Waals surface area contributed by atoms with Gasteiger partial charge in [-0.15, -0.1) is 11.8 Å². The molecule has 2 rings (SSSR count). The first-order valence-corrected chi connectivity index (χ1v) is 7.61. The Balaban J connectivity index is 1.99. The number of nitrogens with zero attached hydrogens (tertiary/aromatic N) is 1. The quantitative estimate of drug-likeness (QED) is 0.812. The van der Waals surface area contributed by atoms with E-state index in [1.165, 1.54) is 16.0 Å². The molecular weight excluding hydrogens is 252 g/mol. The van der Waals surface area contributed by atoms with E-state index < -0.39 is 0 Å². The third kappa shape index (κ3) is 4.08. The van der Waals surface area contributed by atoms with E-state index in [9.17, 15) is 0 Å². The zero-order valence-corrected chi connectivity index (χ0v) is 12.3. The first kappa shape index (κ1) is 14.1. The van der Waals surface area contributed by atoms with E-state index >= 15 is 0 Å². The van der Waals surface area contributed by atoms with Crippen molar-refractivity contribution in [2.75, 3.05) is 12.8 Å². The maximum absolute atomic E-state index is 4.04. The van der Waals surface area contributed by atoms with Crippen molar-refractivity contribution in [3.63, 3.8) is 0 Å². The summed E-state index contributed by atoms with van der Waals surface area (Å²) < 4.78 is 0. The van der Waals surface area contributed by atoms with Crippen molar-refractivity contribution in [2.45, 2.75) is 24.3 Å².